The molecule has 0 aliphatic rings. The lowest BCUT2D eigenvalue weighted by Gasteiger charge is -2.20. The molecule has 0 saturated carbocycles. The average Bonchev–Trinajstić information content (AvgIpc) is 2.41. The quantitative estimate of drug-likeness (QED) is 0.648. The van der Waals surface area contributed by atoms with Crippen molar-refractivity contribution in [1.82, 2.24) is 0 Å². The highest BCUT2D eigenvalue weighted by atomic mass is 79.9. The number of azo groups is 1. The van der Waals surface area contributed by atoms with Gasteiger partial charge < -0.3 is 5.11 Å². The minimum absolute atomic E-state index is 0.0235. The standard InChI is InChI=1S/C17H19BrN2O/c1-11-5-7-13(8-6-11)19-20-15-10-12(17(2,3)4)9-14(18)16(15)21/h5-10,21H,1-4H3. The summed E-state index contributed by atoms with van der Waals surface area (Å²) in [6.07, 6.45) is 0. The van der Waals surface area contributed by atoms with E-state index < -0.39 is 0 Å². The van der Waals surface area contributed by atoms with Gasteiger partial charge in [0, 0.05) is 0 Å². The Hall–Kier alpha value is -1.68. The van der Waals surface area contributed by atoms with Gasteiger partial charge in [-0.25, -0.2) is 0 Å². The minimum Gasteiger partial charge on any atom is -0.505 e. The fourth-order valence-electron chi connectivity index (χ4n) is 1.82. The van der Waals surface area contributed by atoms with Crippen LogP contribution >= 0.6 is 15.9 Å². The number of aromatic hydroxyl groups is 1. The van der Waals surface area contributed by atoms with Crippen LogP contribution in [-0.2, 0) is 5.41 Å². The van der Waals surface area contributed by atoms with E-state index in [2.05, 4.69) is 46.9 Å². The Morgan fingerprint density at radius 3 is 2.19 bits per heavy atom. The van der Waals surface area contributed by atoms with Crippen LogP contribution in [0.2, 0.25) is 0 Å². The summed E-state index contributed by atoms with van der Waals surface area (Å²) in [6.45, 7) is 8.38. The second-order valence-electron chi connectivity index (χ2n) is 6.11. The second-order valence-corrected chi connectivity index (χ2v) is 6.97. The number of hydrogen-bond donors (Lipinski definition) is 1. The van der Waals surface area contributed by atoms with Crippen LogP contribution in [0.4, 0.5) is 11.4 Å². The van der Waals surface area contributed by atoms with E-state index in [9.17, 15) is 5.11 Å². The van der Waals surface area contributed by atoms with Crippen LogP contribution in [0.15, 0.2) is 51.1 Å². The number of nitrogens with zero attached hydrogens (tertiary/aromatic N) is 2. The summed E-state index contributed by atoms with van der Waals surface area (Å²) in [5, 5.41) is 18.5. The third kappa shape index (κ3) is 3.91. The second kappa shape index (κ2) is 5.98. The number of rotatable bonds is 2. The molecule has 1 N–H and O–H groups in total. The van der Waals surface area contributed by atoms with Crippen LogP contribution in [0, 0.1) is 6.92 Å². The van der Waals surface area contributed by atoms with Crippen molar-refractivity contribution in [3.8, 4) is 5.75 Å². The summed E-state index contributed by atoms with van der Waals surface area (Å²) in [7, 11) is 0. The Bertz CT molecular complexity index is 670. The minimum atomic E-state index is -0.0235. The number of benzene rings is 2. The molecule has 0 fully saturated rings. The Kier molecular flexibility index (Phi) is 4.47. The Balaban J connectivity index is 2.39. The molecule has 21 heavy (non-hydrogen) atoms. The van der Waals surface area contributed by atoms with Crippen molar-refractivity contribution >= 4 is 27.3 Å². The first-order chi connectivity index (χ1) is 9.77. The highest BCUT2D eigenvalue weighted by Gasteiger charge is 2.17. The van der Waals surface area contributed by atoms with Gasteiger partial charge in [-0.3, -0.25) is 0 Å². The molecule has 4 heteroatoms. The van der Waals surface area contributed by atoms with Gasteiger partial charge in [0.15, 0.2) is 5.75 Å². The monoisotopic (exact) mass is 346 g/mol. The van der Waals surface area contributed by atoms with Crippen LogP contribution in [0.25, 0.3) is 0 Å². The molecule has 0 spiro atoms. The van der Waals surface area contributed by atoms with Crippen LogP contribution in [0.5, 0.6) is 5.75 Å². The molecular weight excluding hydrogens is 328 g/mol. The maximum absolute atomic E-state index is 10.1. The summed E-state index contributed by atoms with van der Waals surface area (Å²) >= 11 is 3.37. The molecule has 0 saturated heterocycles. The van der Waals surface area contributed by atoms with E-state index in [0.29, 0.717) is 10.2 Å². The van der Waals surface area contributed by atoms with E-state index >= 15 is 0 Å². The molecule has 0 atom stereocenters. The normalized spacial score (nSPS) is 12.0. The summed E-state index contributed by atoms with van der Waals surface area (Å²) in [5.74, 6) is 0.110. The van der Waals surface area contributed by atoms with Gasteiger partial charge in [-0.2, -0.15) is 5.11 Å². The van der Waals surface area contributed by atoms with Crippen molar-refractivity contribution in [2.24, 2.45) is 10.2 Å². The van der Waals surface area contributed by atoms with Gasteiger partial charge in [-0.05, 0) is 58.1 Å². The molecule has 3 nitrogen and oxygen atoms in total. The number of phenols is 1. The van der Waals surface area contributed by atoms with Crippen molar-refractivity contribution in [1.29, 1.82) is 0 Å². The largest absolute Gasteiger partial charge is 0.505 e. The van der Waals surface area contributed by atoms with Crippen LogP contribution < -0.4 is 0 Å². The molecule has 0 amide bonds. The molecule has 0 aliphatic heterocycles. The van der Waals surface area contributed by atoms with Crippen LogP contribution in [0.1, 0.15) is 31.9 Å². The molecule has 110 valence electrons. The van der Waals surface area contributed by atoms with E-state index in [1.165, 1.54) is 5.56 Å². The molecule has 2 aromatic rings. The van der Waals surface area contributed by atoms with Gasteiger partial charge >= 0.3 is 0 Å². The molecule has 0 unspecified atom stereocenters. The summed E-state index contributed by atoms with van der Waals surface area (Å²) in [6, 6.07) is 11.6. The first-order valence-electron chi connectivity index (χ1n) is 6.79. The number of halogens is 1. The Morgan fingerprint density at radius 1 is 1.00 bits per heavy atom. The number of hydrogen-bond acceptors (Lipinski definition) is 3. The molecule has 0 aliphatic carbocycles. The molecule has 2 aromatic carbocycles. The zero-order chi connectivity index (χ0) is 15.6. The summed E-state index contributed by atoms with van der Waals surface area (Å²) in [5.41, 5.74) is 3.47. The van der Waals surface area contributed by atoms with Crippen LogP contribution in [0.3, 0.4) is 0 Å². The summed E-state index contributed by atoms with van der Waals surface area (Å²) in [4.78, 5) is 0. The lowest BCUT2D eigenvalue weighted by Crippen LogP contribution is -2.10. The van der Waals surface area contributed by atoms with E-state index in [1.54, 1.807) is 0 Å². The smallest absolute Gasteiger partial charge is 0.157 e. The Labute approximate surface area is 133 Å². The zero-order valence-electron chi connectivity index (χ0n) is 12.7. The van der Waals surface area contributed by atoms with E-state index in [1.807, 2.05) is 43.3 Å². The molecule has 2 rings (SSSR count). The van der Waals surface area contributed by atoms with Gasteiger partial charge in [0.25, 0.3) is 0 Å². The maximum Gasteiger partial charge on any atom is 0.157 e. The first-order valence-corrected chi connectivity index (χ1v) is 7.58. The molecule has 0 heterocycles. The van der Waals surface area contributed by atoms with Crippen molar-refractivity contribution in [3.63, 3.8) is 0 Å². The maximum atomic E-state index is 10.1. The number of aryl methyl sites for hydroxylation is 1. The molecular formula is C17H19BrN2O. The van der Waals surface area contributed by atoms with E-state index in [0.717, 1.165) is 11.3 Å². The number of phenolic OH excluding ortho intramolecular Hbond substituents is 1. The SMILES string of the molecule is Cc1ccc(N=Nc2cc(C(C)(C)C)cc(Br)c2O)cc1. The predicted molar refractivity (Wildman–Crippen MR) is 89.9 cm³/mol. The van der Waals surface area contributed by atoms with Crippen molar-refractivity contribution in [3.05, 3.63) is 52.0 Å². The highest BCUT2D eigenvalue weighted by molar-refractivity contribution is 9.10. The lowest BCUT2D eigenvalue weighted by atomic mass is 9.87. The first kappa shape index (κ1) is 15.7. The third-order valence-corrected chi connectivity index (χ3v) is 3.82. The van der Waals surface area contributed by atoms with E-state index in [4.69, 9.17) is 0 Å². The predicted octanol–water partition coefficient (Wildman–Crippen LogP) is 6.18. The fraction of sp³-hybridized carbons (Fsp3) is 0.294. The van der Waals surface area contributed by atoms with Gasteiger partial charge in [0.2, 0.25) is 0 Å². The van der Waals surface area contributed by atoms with Gasteiger partial charge in [-0.15, -0.1) is 5.11 Å². The molecule has 0 radical (unpaired) electrons. The topological polar surface area (TPSA) is 45.0 Å². The molecule has 0 aromatic heterocycles. The van der Waals surface area contributed by atoms with Crippen molar-refractivity contribution in [2.75, 3.05) is 0 Å². The lowest BCUT2D eigenvalue weighted by molar-refractivity contribution is 0.471. The third-order valence-electron chi connectivity index (χ3n) is 3.22. The van der Waals surface area contributed by atoms with Gasteiger partial charge in [0.05, 0.1) is 10.2 Å². The van der Waals surface area contributed by atoms with Gasteiger partial charge in [-0.1, -0.05) is 38.5 Å². The van der Waals surface area contributed by atoms with Crippen LogP contribution in [-0.4, -0.2) is 5.11 Å². The fourth-order valence-corrected chi connectivity index (χ4v) is 2.27. The molecule has 0 bridgehead atoms. The average molecular weight is 347 g/mol. The van der Waals surface area contributed by atoms with Crippen molar-refractivity contribution < 1.29 is 5.11 Å². The summed E-state index contributed by atoms with van der Waals surface area (Å²) < 4.78 is 0.632. The zero-order valence-corrected chi connectivity index (χ0v) is 14.3. The Morgan fingerprint density at radius 2 is 1.62 bits per heavy atom. The van der Waals surface area contributed by atoms with E-state index in [-0.39, 0.29) is 11.2 Å². The van der Waals surface area contributed by atoms with Crippen molar-refractivity contribution in [2.45, 2.75) is 33.1 Å². The highest BCUT2D eigenvalue weighted by Crippen LogP contribution is 2.39. The van der Waals surface area contributed by atoms with Gasteiger partial charge in [0.1, 0.15) is 5.69 Å².